The van der Waals surface area contributed by atoms with Crippen molar-refractivity contribution in [1.82, 2.24) is 19.6 Å². The third-order valence-electron chi connectivity index (χ3n) is 3.64. The summed E-state index contributed by atoms with van der Waals surface area (Å²) in [6.07, 6.45) is 3.52. The minimum atomic E-state index is 0.125. The molecule has 3 aromatic rings. The van der Waals surface area contributed by atoms with Crippen LogP contribution in [0.3, 0.4) is 0 Å². The molecule has 1 aliphatic rings. The molecule has 1 saturated carbocycles. The highest BCUT2D eigenvalue weighted by atomic mass is 32.2. The molecular weight excluding hydrogens is 310 g/mol. The highest BCUT2D eigenvalue weighted by molar-refractivity contribution is 7.99. The van der Waals surface area contributed by atoms with E-state index in [0.29, 0.717) is 5.78 Å². The predicted molar refractivity (Wildman–Crippen MR) is 87.4 cm³/mol. The van der Waals surface area contributed by atoms with Gasteiger partial charge >= 0.3 is 0 Å². The van der Waals surface area contributed by atoms with Crippen LogP contribution in [-0.2, 0) is 4.79 Å². The summed E-state index contributed by atoms with van der Waals surface area (Å²) in [4.78, 5) is 21.3. The number of rotatable bonds is 4. The van der Waals surface area contributed by atoms with E-state index in [1.165, 1.54) is 6.33 Å². The van der Waals surface area contributed by atoms with Crippen molar-refractivity contribution in [2.75, 3.05) is 5.32 Å². The van der Waals surface area contributed by atoms with E-state index in [1.54, 1.807) is 16.3 Å². The fraction of sp³-hybridized carbons (Fsp3) is 0.250. The van der Waals surface area contributed by atoms with Gasteiger partial charge in [-0.25, -0.2) is 4.98 Å². The molecule has 2 aromatic heterocycles. The Hall–Kier alpha value is -2.41. The number of amides is 1. The Kier molecular flexibility index (Phi) is 3.49. The summed E-state index contributed by atoms with van der Waals surface area (Å²) in [7, 11) is 0. The van der Waals surface area contributed by atoms with Crippen LogP contribution in [0.15, 0.2) is 46.6 Å². The van der Waals surface area contributed by atoms with Gasteiger partial charge in [0.2, 0.25) is 5.91 Å². The van der Waals surface area contributed by atoms with Gasteiger partial charge in [-0.3, -0.25) is 4.79 Å². The first-order chi connectivity index (χ1) is 11.2. The Morgan fingerprint density at radius 1 is 1.30 bits per heavy atom. The van der Waals surface area contributed by atoms with Gasteiger partial charge in [0.15, 0.2) is 0 Å². The van der Waals surface area contributed by atoms with E-state index < -0.39 is 0 Å². The topological polar surface area (TPSA) is 72.2 Å². The van der Waals surface area contributed by atoms with Crippen molar-refractivity contribution in [1.29, 1.82) is 0 Å². The summed E-state index contributed by atoms with van der Waals surface area (Å²) in [5, 5.41) is 8.11. The van der Waals surface area contributed by atoms with Crippen molar-refractivity contribution in [3.8, 4) is 0 Å². The van der Waals surface area contributed by atoms with Crippen molar-refractivity contribution < 1.29 is 4.79 Å². The number of carbonyl (C=O) groups is 1. The van der Waals surface area contributed by atoms with Crippen molar-refractivity contribution in [3.63, 3.8) is 0 Å². The van der Waals surface area contributed by atoms with Crippen molar-refractivity contribution in [2.45, 2.75) is 29.7 Å². The van der Waals surface area contributed by atoms with Crippen LogP contribution in [0.4, 0.5) is 5.69 Å². The number of carbonyl (C=O) groups excluding carboxylic acids is 1. The highest BCUT2D eigenvalue weighted by Gasteiger charge is 2.29. The summed E-state index contributed by atoms with van der Waals surface area (Å²) >= 11 is 1.59. The molecule has 2 heterocycles. The Bertz CT molecular complexity index is 870. The zero-order valence-electron chi connectivity index (χ0n) is 12.6. The molecule has 0 radical (unpaired) electrons. The van der Waals surface area contributed by atoms with Gasteiger partial charge < -0.3 is 5.32 Å². The molecule has 0 atom stereocenters. The Labute approximate surface area is 137 Å². The molecular formula is C16H15N5OS. The number of aromatic nitrogens is 4. The molecule has 0 saturated heterocycles. The zero-order chi connectivity index (χ0) is 15.8. The SMILES string of the molecule is Cc1cc(Sc2ccc(NC(=O)C3CC3)cc2)n2ncnc2n1. The van der Waals surface area contributed by atoms with E-state index >= 15 is 0 Å². The second-order valence-electron chi connectivity index (χ2n) is 5.60. The number of fused-ring (bicyclic) bond motifs is 1. The quantitative estimate of drug-likeness (QED) is 0.747. The first-order valence-corrected chi connectivity index (χ1v) is 8.27. The van der Waals surface area contributed by atoms with E-state index in [-0.39, 0.29) is 11.8 Å². The van der Waals surface area contributed by atoms with E-state index in [0.717, 1.165) is 34.1 Å². The van der Waals surface area contributed by atoms with E-state index in [2.05, 4.69) is 20.4 Å². The molecule has 0 unspecified atom stereocenters. The average Bonchev–Trinajstić information content (AvgIpc) is 3.28. The fourth-order valence-electron chi connectivity index (χ4n) is 2.29. The van der Waals surface area contributed by atoms with Crippen LogP contribution in [0.25, 0.3) is 5.78 Å². The second-order valence-corrected chi connectivity index (χ2v) is 6.69. The summed E-state index contributed by atoms with van der Waals surface area (Å²) in [5.74, 6) is 0.935. The maximum atomic E-state index is 11.8. The molecule has 7 heteroatoms. The largest absolute Gasteiger partial charge is 0.326 e. The third kappa shape index (κ3) is 3.05. The highest BCUT2D eigenvalue weighted by Crippen LogP contribution is 2.31. The molecule has 6 nitrogen and oxygen atoms in total. The van der Waals surface area contributed by atoms with Gasteiger partial charge in [0.1, 0.15) is 11.4 Å². The molecule has 116 valence electrons. The van der Waals surface area contributed by atoms with E-state index in [9.17, 15) is 4.79 Å². The third-order valence-corrected chi connectivity index (χ3v) is 4.65. The lowest BCUT2D eigenvalue weighted by atomic mass is 10.3. The molecule has 1 N–H and O–H groups in total. The number of hydrogen-bond donors (Lipinski definition) is 1. The second kappa shape index (κ2) is 5.66. The van der Waals surface area contributed by atoms with Gasteiger partial charge in [-0.15, -0.1) is 0 Å². The summed E-state index contributed by atoms with van der Waals surface area (Å²) in [5.41, 5.74) is 1.74. The normalized spacial score (nSPS) is 14.1. The molecule has 0 spiro atoms. The van der Waals surface area contributed by atoms with Gasteiger partial charge in [0.05, 0.1) is 0 Å². The van der Waals surface area contributed by atoms with Crippen molar-refractivity contribution >= 4 is 29.1 Å². The molecule has 1 aliphatic carbocycles. The van der Waals surface area contributed by atoms with Gasteiger partial charge in [-0.1, -0.05) is 11.8 Å². The average molecular weight is 325 g/mol. The Morgan fingerprint density at radius 3 is 2.83 bits per heavy atom. The lowest BCUT2D eigenvalue weighted by Gasteiger charge is -2.07. The van der Waals surface area contributed by atoms with Crippen LogP contribution < -0.4 is 5.32 Å². The molecule has 1 fully saturated rings. The van der Waals surface area contributed by atoms with Crippen LogP contribution in [0, 0.1) is 12.8 Å². The van der Waals surface area contributed by atoms with Gasteiger partial charge in [0.25, 0.3) is 5.78 Å². The van der Waals surface area contributed by atoms with Crippen molar-refractivity contribution in [2.24, 2.45) is 5.92 Å². The van der Waals surface area contributed by atoms with Gasteiger partial charge in [-0.2, -0.15) is 14.6 Å². The lowest BCUT2D eigenvalue weighted by Crippen LogP contribution is -2.12. The van der Waals surface area contributed by atoms with E-state index in [1.807, 2.05) is 37.3 Å². The summed E-state index contributed by atoms with van der Waals surface area (Å²) in [6.45, 7) is 1.94. The first kappa shape index (κ1) is 14.2. The predicted octanol–water partition coefficient (Wildman–Crippen LogP) is 2.93. The van der Waals surface area contributed by atoms with Crippen LogP contribution in [0.1, 0.15) is 18.5 Å². The molecule has 1 amide bonds. The number of hydrogen-bond acceptors (Lipinski definition) is 5. The Morgan fingerprint density at radius 2 is 2.09 bits per heavy atom. The number of nitrogens with zero attached hydrogens (tertiary/aromatic N) is 4. The monoisotopic (exact) mass is 325 g/mol. The van der Waals surface area contributed by atoms with Gasteiger partial charge in [0, 0.05) is 22.2 Å². The minimum absolute atomic E-state index is 0.125. The van der Waals surface area contributed by atoms with Crippen LogP contribution in [-0.4, -0.2) is 25.5 Å². The number of anilines is 1. The van der Waals surface area contributed by atoms with Crippen LogP contribution in [0.2, 0.25) is 0 Å². The molecule has 23 heavy (non-hydrogen) atoms. The lowest BCUT2D eigenvalue weighted by molar-refractivity contribution is -0.117. The smallest absolute Gasteiger partial charge is 0.253 e. The maximum Gasteiger partial charge on any atom is 0.253 e. The standard InChI is InChI=1S/C16H15N5OS/c1-10-8-14(21-16(19-10)17-9-18-21)23-13-6-4-12(5-7-13)20-15(22)11-2-3-11/h4-9,11H,2-3H2,1H3,(H,20,22). The number of benzene rings is 1. The Balaban J connectivity index is 1.53. The zero-order valence-corrected chi connectivity index (χ0v) is 13.4. The molecule has 1 aromatic carbocycles. The fourth-order valence-corrected chi connectivity index (χ4v) is 3.24. The molecule has 0 aliphatic heterocycles. The first-order valence-electron chi connectivity index (χ1n) is 7.45. The minimum Gasteiger partial charge on any atom is -0.326 e. The maximum absolute atomic E-state index is 11.8. The molecule has 4 rings (SSSR count). The number of nitrogens with one attached hydrogen (secondary N) is 1. The van der Waals surface area contributed by atoms with Gasteiger partial charge in [-0.05, 0) is 50.1 Å². The van der Waals surface area contributed by atoms with Crippen molar-refractivity contribution in [3.05, 3.63) is 42.4 Å². The van der Waals surface area contributed by atoms with E-state index in [4.69, 9.17) is 0 Å². The van der Waals surface area contributed by atoms with Crippen LogP contribution >= 0.6 is 11.8 Å². The summed E-state index contributed by atoms with van der Waals surface area (Å²) in [6, 6.07) is 9.82. The summed E-state index contributed by atoms with van der Waals surface area (Å²) < 4.78 is 1.72. The number of aryl methyl sites for hydroxylation is 1. The van der Waals surface area contributed by atoms with Crippen LogP contribution in [0.5, 0.6) is 0 Å². The molecule has 0 bridgehead atoms.